The van der Waals surface area contributed by atoms with E-state index in [1.165, 1.54) is 228 Å². The lowest BCUT2D eigenvalue weighted by atomic mass is 9.70. The molecule has 0 unspecified atom stereocenters. The van der Waals surface area contributed by atoms with E-state index in [0.29, 0.717) is 0 Å². The summed E-state index contributed by atoms with van der Waals surface area (Å²) in [6, 6.07) is 91.4. The number of unbranched alkanes of at least 4 members (excludes halogenated alkanes) is 9. The molecular weight excluding hydrogens is 1150 g/mol. The van der Waals surface area contributed by atoms with Crippen LogP contribution in [-0.4, -0.2) is 4.57 Å². The Morgan fingerprint density at radius 2 is 0.811 bits per heavy atom. The molecular formula is C93H90N2. The van der Waals surface area contributed by atoms with Gasteiger partial charge in [0.05, 0.1) is 11.0 Å². The van der Waals surface area contributed by atoms with E-state index in [-0.39, 0.29) is 5.41 Å². The van der Waals surface area contributed by atoms with Crippen molar-refractivity contribution in [2.45, 2.75) is 161 Å². The first-order valence-corrected chi connectivity index (χ1v) is 36.4. The summed E-state index contributed by atoms with van der Waals surface area (Å²) in [5.74, 6) is 0. The zero-order valence-electron chi connectivity index (χ0n) is 56.3. The number of para-hydroxylation sites is 1. The van der Waals surface area contributed by atoms with E-state index < -0.39 is 0 Å². The van der Waals surface area contributed by atoms with Crippen LogP contribution in [0.2, 0.25) is 0 Å². The smallest absolute Gasteiger partial charge is 0.0541 e. The second-order valence-corrected chi connectivity index (χ2v) is 28.5. The van der Waals surface area contributed by atoms with Crippen LogP contribution in [0.4, 0.5) is 17.1 Å². The first-order chi connectivity index (χ1) is 46.9. The third-order valence-corrected chi connectivity index (χ3v) is 22.5. The van der Waals surface area contributed by atoms with E-state index in [0.717, 1.165) is 23.5 Å². The predicted octanol–water partition coefficient (Wildman–Crippen LogP) is 25.5. The molecule has 13 aromatic rings. The average Bonchev–Trinajstić information content (AvgIpc) is 1.60. The molecule has 1 aromatic heterocycles. The standard InChI is InChI=1S/C93H90N2/c1-4-5-6-11-22-66-34-46-78(47-35-66)95-91-30-19-18-29-87(91)88-62-69(43-56-92(88)95)67-36-48-76(49-37-67)94(75-44-31-64(2)32-45-75)77-50-38-68(39-51-77)70-40-55-86-85-52-33-65(3)59-89(85)93(90(86)63-70,57-20-9-7-12-23-71-60-73-41-53-81(73)83-27-16-14-25-79(71)83)58-21-10-8-13-24-72-61-74-42-54-82(74)84-28-17-15-26-80(72)84/h14-19,25-40,43-52,55-56,59-63H,4-13,20-24,41-42,53-54,57-58H2,1-3H3. The molecule has 3 aliphatic rings. The third-order valence-electron chi connectivity index (χ3n) is 22.5. The van der Waals surface area contributed by atoms with Crippen LogP contribution in [0, 0.1) is 13.8 Å². The average molecular weight is 1240 g/mol. The summed E-state index contributed by atoms with van der Waals surface area (Å²) in [6.07, 6.45) is 25.9. The van der Waals surface area contributed by atoms with E-state index in [4.69, 9.17) is 0 Å². The molecule has 0 saturated carbocycles. The van der Waals surface area contributed by atoms with Crippen molar-refractivity contribution in [3.05, 3.63) is 298 Å². The summed E-state index contributed by atoms with van der Waals surface area (Å²) in [4.78, 5) is 2.42. The lowest BCUT2D eigenvalue weighted by Crippen LogP contribution is -2.25. The molecule has 0 amide bonds. The van der Waals surface area contributed by atoms with Crippen LogP contribution in [0.1, 0.15) is 158 Å². The molecule has 0 radical (unpaired) electrons. The molecule has 95 heavy (non-hydrogen) atoms. The van der Waals surface area contributed by atoms with Gasteiger partial charge in [-0.25, -0.2) is 0 Å². The molecule has 472 valence electrons. The lowest BCUT2D eigenvalue weighted by molar-refractivity contribution is 0.399. The van der Waals surface area contributed by atoms with Crippen LogP contribution in [0.5, 0.6) is 0 Å². The summed E-state index contributed by atoms with van der Waals surface area (Å²) < 4.78 is 2.45. The number of anilines is 3. The van der Waals surface area contributed by atoms with Gasteiger partial charge in [0, 0.05) is 38.9 Å². The van der Waals surface area contributed by atoms with E-state index in [9.17, 15) is 0 Å². The number of rotatable bonds is 25. The Hall–Kier alpha value is -9.24. The molecule has 0 aliphatic heterocycles. The van der Waals surface area contributed by atoms with Gasteiger partial charge < -0.3 is 9.47 Å². The fourth-order valence-electron chi connectivity index (χ4n) is 17.2. The molecule has 0 saturated heterocycles. The Balaban J connectivity index is 0.670. The van der Waals surface area contributed by atoms with Crippen molar-refractivity contribution < 1.29 is 0 Å². The van der Waals surface area contributed by atoms with Gasteiger partial charge in [-0.15, -0.1) is 0 Å². The van der Waals surface area contributed by atoms with Crippen LogP contribution in [0.25, 0.3) is 82.4 Å². The summed E-state index contributed by atoms with van der Waals surface area (Å²) >= 11 is 0. The highest BCUT2D eigenvalue weighted by Gasteiger charge is 2.42. The molecule has 0 spiro atoms. The van der Waals surface area contributed by atoms with Crippen molar-refractivity contribution in [3.8, 4) is 39.1 Å². The maximum Gasteiger partial charge on any atom is 0.0541 e. The predicted molar refractivity (Wildman–Crippen MR) is 406 cm³/mol. The highest BCUT2D eigenvalue weighted by molar-refractivity contribution is 6.10. The summed E-state index contributed by atoms with van der Waals surface area (Å²) in [5, 5.41) is 8.53. The number of hydrogen-bond donors (Lipinski definition) is 0. The van der Waals surface area contributed by atoms with Crippen molar-refractivity contribution >= 4 is 60.4 Å². The SMILES string of the molecule is CCCCCCc1ccc(-n2c3ccccc3c3cc(-c4ccc(N(c5ccc(C)cc5)c5ccc(-c6ccc7c(c6)C(CCCCCCc6cc8c(c9ccccc69)CC8)(CCCCCCc6cc8c(c9ccccc69)CC8)c6cc(C)ccc6-7)cc5)cc4)ccc32)cc1. The monoisotopic (exact) mass is 1230 g/mol. The fraction of sp³-hybridized carbons (Fsp3) is 0.269. The molecule has 12 aromatic carbocycles. The third kappa shape index (κ3) is 11.7. The number of aromatic nitrogens is 1. The fourth-order valence-corrected chi connectivity index (χ4v) is 17.2. The molecule has 2 nitrogen and oxygen atoms in total. The van der Waals surface area contributed by atoms with Gasteiger partial charge in [0.2, 0.25) is 0 Å². The van der Waals surface area contributed by atoms with Gasteiger partial charge >= 0.3 is 0 Å². The normalized spacial score (nSPS) is 13.4. The number of hydrogen-bond acceptors (Lipinski definition) is 1. The molecule has 1 heterocycles. The minimum Gasteiger partial charge on any atom is -0.311 e. The highest BCUT2D eigenvalue weighted by Crippen LogP contribution is 2.56. The van der Waals surface area contributed by atoms with Gasteiger partial charge in [0.15, 0.2) is 0 Å². The van der Waals surface area contributed by atoms with Crippen molar-refractivity contribution in [3.63, 3.8) is 0 Å². The van der Waals surface area contributed by atoms with Crippen molar-refractivity contribution in [1.82, 2.24) is 4.57 Å². The molecule has 0 N–H and O–H groups in total. The Bertz CT molecular complexity index is 4830. The zero-order chi connectivity index (χ0) is 63.8. The van der Waals surface area contributed by atoms with Crippen LogP contribution >= 0.6 is 0 Å². The van der Waals surface area contributed by atoms with Gasteiger partial charge in [-0.05, 0) is 269 Å². The first kappa shape index (κ1) is 60.7. The zero-order valence-corrected chi connectivity index (χ0v) is 56.3. The van der Waals surface area contributed by atoms with Crippen molar-refractivity contribution in [2.75, 3.05) is 4.90 Å². The van der Waals surface area contributed by atoms with Gasteiger partial charge in [-0.1, -0.05) is 240 Å². The quantitative estimate of drug-likeness (QED) is 0.0518. The first-order valence-electron chi connectivity index (χ1n) is 36.4. The van der Waals surface area contributed by atoms with Crippen molar-refractivity contribution in [2.24, 2.45) is 0 Å². The van der Waals surface area contributed by atoms with Gasteiger partial charge in [-0.2, -0.15) is 0 Å². The second kappa shape index (κ2) is 26.5. The van der Waals surface area contributed by atoms with Crippen LogP contribution in [-0.2, 0) is 50.4 Å². The molecule has 16 rings (SSSR count). The molecule has 2 heteroatoms. The number of nitrogens with zero attached hydrogens (tertiary/aromatic N) is 2. The molecule has 3 aliphatic carbocycles. The summed E-state index contributed by atoms with van der Waals surface area (Å²) in [7, 11) is 0. The minimum absolute atomic E-state index is 0.0403. The van der Waals surface area contributed by atoms with E-state index in [1.54, 1.807) is 44.5 Å². The van der Waals surface area contributed by atoms with E-state index >= 15 is 0 Å². The Morgan fingerprint density at radius 1 is 0.347 bits per heavy atom. The second-order valence-electron chi connectivity index (χ2n) is 28.5. The van der Waals surface area contributed by atoms with Crippen LogP contribution in [0.3, 0.4) is 0 Å². The topological polar surface area (TPSA) is 8.17 Å². The van der Waals surface area contributed by atoms with Crippen LogP contribution in [0.15, 0.2) is 237 Å². The number of benzene rings is 12. The Kier molecular flexibility index (Phi) is 16.9. The molecule has 0 fully saturated rings. The molecule has 0 atom stereocenters. The number of aryl methyl sites for hydroxylation is 9. The highest BCUT2D eigenvalue weighted by atomic mass is 15.1. The summed E-state index contributed by atoms with van der Waals surface area (Å²) in [6.45, 7) is 6.78. The van der Waals surface area contributed by atoms with Gasteiger partial charge in [0.25, 0.3) is 0 Å². The molecule has 0 bridgehead atoms. The largest absolute Gasteiger partial charge is 0.311 e. The Morgan fingerprint density at radius 3 is 1.39 bits per heavy atom. The summed E-state index contributed by atoms with van der Waals surface area (Å²) in [5.41, 5.74) is 31.6. The van der Waals surface area contributed by atoms with Gasteiger partial charge in [0.1, 0.15) is 0 Å². The van der Waals surface area contributed by atoms with Crippen molar-refractivity contribution in [1.29, 1.82) is 0 Å². The minimum atomic E-state index is -0.0403. The Labute approximate surface area is 564 Å². The van der Waals surface area contributed by atoms with Gasteiger partial charge in [-0.3, -0.25) is 0 Å². The number of fused-ring (bicyclic) bond motifs is 12. The van der Waals surface area contributed by atoms with E-state index in [2.05, 4.69) is 267 Å². The van der Waals surface area contributed by atoms with E-state index in [1.807, 2.05) is 0 Å². The maximum absolute atomic E-state index is 2.63. The maximum atomic E-state index is 2.63. The van der Waals surface area contributed by atoms with Crippen LogP contribution < -0.4 is 4.90 Å². The lowest BCUT2D eigenvalue weighted by Gasteiger charge is -2.33.